The minimum Gasteiger partial charge on any atom is -0.471 e. The topological polar surface area (TPSA) is 142 Å². The number of benzene rings is 1. The number of methoxy groups -OCH3 is 1. The number of anilines is 1. The first-order chi connectivity index (χ1) is 18.5. The predicted molar refractivity (Wildman–Crippen MR) is 147 cm³/mol. The normalized spacial score (nSPS) is 15.3. The second-order valence-corrected chi connectivity index (χ2v) is 12.0. The fraction of sp³-hybridized carbons (Fsp3) is 0.360. The van der Waals surface area contributed by atoms with Crippen molar-refractivity contribution >= 4 is 50.5 Å². The predicted octanol–water partition coefficient (Wildman–Crippen LogP) is 3.47. The van der Waals surface area contributed by atoms with Gasteiger partial charge in [-0.3, -0.25) is 9.59 Å². The Bertz CT molecular complexity index is 1500. The van der Waals surface area contributed by atoms with Crippen molar-refractivity contribution in [3.05, 3.63) is 63.4 Å². The molecule has 1 unspecified atom stereocenters. The summed E-state index contributed by atoms with van der Waals surface area (Å²) in [6, 6.07) is 7.43. The molecule has 2 N–H and O–H groups in total. The molecule has 1 fully saturated rings. The van der Waals surface area contributed by atoms with E-state index in [1.165, 1.54) is 23.0 Å². The van der Waals surface area contributed by atoms with Crippen LogP contribution in [0.1, 0.15) is 39.8 Å². The van der Waals surface area contributed by atoms with E-state index in [0.717, 1.165) is 0 Å². The lowest BCUT2D eigenvalue weighted by Crippen LogP contribution is -2.45. The summed E-state index contributed by atoms with van der Waals surface area (Å²) in [6.07, 6.45) is 1.54. The van der Waals surface area contributed by atoms with Gasteiger partial charge >= 0.3 is 0 Å². The molecule has 4 rings (SSSR count). The maximum absolute atomic E-state index is 13.6. The average Bonchev–Trinajstić information content (AvgIpc) is 3.27. The highest BCUT2D eigenvalue weighted by atomic mass is 35.5. The highest BCUT2D eigenvalue weighted by Crippen LogP contribution is 2.29. The molecule has 1 saturated heterocycles. The maximum atomic E-state index is 13.6. The van der Waals surface area contributed by atoms with E-state index in [9.17, 15) is 18.0 Å². The van der Waals surface area contributed by atoms with E-state index < -0.39 is 27.8 Å². The molecule has 0 spiro atoms. The number of hydrogen-bond acceptors (Lipinski definition) is 8. The molecule has 1 aliphatic rings. The molecule has 2 amide bonds. The molecule has 3 aromatic rings. The van der Waals surface area contributed by atoms with Gasteiger partial charge in [0, 0.05) is 24.4 Å². The van der Waals surface area contributed by atoms with Crippen LogP contribution in [-0.4, -0.2) is 72.4 Å². The van der Waals surface area contributed by atoms with E-state index in [1.54, 1.807) is 32.2 Å². The Kier molecular flexibility index (Phi) is 8.80. The van der Waals surface area contributed by atoms with Crippen molar-refractivity contribution in [2.45, 2.75) is 32.4 Å². The van der Waals surface area contributed by atoms with Crippen molar-refractivity contribution < 1.29 is 27.5 Å². The molecule has 1 aromatic carbocycles. The molecule has 3 heterocycles. The van der Waals surface area contributed by atoms with Crippen LogP contribution in [0, 0.1) is 6.92 Å². The minimum atomic E-state index is -3.13. The third kappa shape index (κ3) is 6.70. The molecule has 0 aliphatic carbocycles. The van der Waals surface area contributed by atoms with Crippen LogP contribution in [0.4, 0.5) is 5.69 Å². The van der Waals surface area contributed by atoms with Gasteiger partial charge < -0.3 is 20.1 Å². The van der Waals surface area contributed by atoms with Crippen LogP contribution >= 0.6 is 23.2 Å². The van der Waals surface area contributed by atoms with Gasteiger partial charge in [-0.05, 0) is 43.2 Å². The number of ether oxygens (including phenoxy) is 2. The van der Waals surface area contributed by atoms with Gasteiger partial charge in [0.2, 0.25) is 5.88 Å². The van der Waals surface area contributed by atoms with Gasteiger partial charge in [0.15, 0.2) is 15.7 Å². The number of amides is 2. The van der Waals surface area contributed by atoms with Crippen molar-refractivity contribution in [2.75, 3.05) is 30.5 Å². The summed E-state index contributed by atoms with van der Waals surface area (Å²) in [4.78, 5) is 31.0. The lowest BCUT2D eigenvalue weighted by molar-refractivity contribution is 0.0895. The summed E-state index contributed by atoms with van der Waals surface area (Å²) in [5.74, 6) is -1.17. The molecular weight excluding hydrogens is 569 g/mol. The van der Waals surface area contributed by atoms with Gasteiger partial charge in [-0.25, -0.2) is 18.1 Å². The SMILES string of the molecule is CCC(COC)NC(=O)c1cc(Cl)cc(C)c1NC(=O)c1cc(OC2CS(=O)(=O)C2)nn1-c1ncccc1Cl. The van der Waals surface area contributed by atoms with E-state index in [0.29, 0.717) is 23.6 Å². The zero-order chi connectivity index (χ0) is 28.3. The number of aromatic nitrogens is 3. The smallest absolute Gasteiger partial charge is 0.274 e. The van der Waals surface area contributed by atoms with Crippen molar-refractivity contribution in [1.29, 1.82) is 0 Å². The van der Waals surface area contributed by atoms with Crippen LogP contribution in [0.25, 0.3) is 5.82 Å². The van der Waals surface area contributed by atoms with E-state index in [-0.39, 0.29) is 51.2 Å². The Labute approximate surface area is 235 Å². The van der Waals surface area contributed by atoms with Gasteiger partial charge in [0.05, 0.1) is 40.4 Å². The number of nitrogens with one attached hydrogen (secondary N) is 2. The quantitative estimate of drug-likeness (QED) is 0.363. The first kappa shape index (κ1) is 28.8. The number of nitrogens with zero attached hydrogens (tertiary/aromatic N) is 3. The van der Waals surface area contributed by atoms with Gasteiger partial charge in [-0.15, -0.1) is 5.10 Å². The highest BCUT2D eigenvalue weighted by molar-refractivity contribution is 7.92. The number of carbonyl (C=O) groups excluding carboxylic acids is 2. The van der Waals surface area contributed by atoms with Gasteiger partial charge in [-0.1, -0.05) is 30.1 Å². The molecule has 39 heavy (non-hydrogen) atoms. The van der Waals surface area contributed by atoms with Crippen LogP contribution in [-0.2, 0) is 14.6 Å². The van der Waals surface area contributed by atoms with E-state index in [4.69, 9.17) is 32.7 Å². The fourth-order valence-corrected chi connectivity index (χ4v) is 5.67. The summed E-state index contributed by atoms with van der Waals surface area (Å²) < 4.78 is 35.2. The maximum Gasteiger partial charge on any atom is 0.274 e. The fourth-order valence-electron chi connectivity index (χ4n) is 4.02. The van der Waals surface area contributed by atoms with Crippen molar-refractivity contribution in [3.63, 3.8) is 0 Å². The Morgan fingerprint density at radius 2 is 1.95 bits per heavy atom. The molecule has 0 radical (unpaired) electrons. The lowest BCUT2D eigenvalue weighted by atomic mass is 10.1. The molecule has 11 nitrogen and oxygen atoms in total. The molecular formula is C25H27Cl2N5O6S. The molecule has 208 valence electrons. The van der Waals surface area contributed by atoms with E-state index in [1.807, 2.05) is 6.92 Å². The number of halogens is 2. The number of pyridine rings is 1. The van der Waals surface area contributed by atoms with Crippen molar-refractivity contribution in [3.8, 4) is 11.7 Å². The molecule has 2 aromatic heterocycles. The number of sulfone groups is 1. The third-order valence-electron chi connectivity index (χ3n) is 6.01. The third-order valence-corrected chi connectivity index (χ3v) is 8.28. The molecule has 0 saturated carbocycles. The van der Waals surface area contributed by atoms with Crippen LogP contribution in [0.5, 0.6) is 5.88 Å². The highest BCUT2D eigenvalue weighted by Gasteiger charge is 2.36. The molecule has 0 bridgehead atoms. The Morgan fingerprint density at radius 1 is 1.21 bits per heavy atom. The second kappa shape index (κ2) is 11.9. The summed E-state index contributed by atoms with van der Waals surface area (Å²) >= 11 is 12.6. The van der Waals surface area contributed by atoms with Gasteiger partial charge in [0.25, 0.3) is 11.8 Å². The lowest BCUT2D eigenvalue weighted by Gasteiger charge is -2.25. The van der Waals surface area contributed by atoms with E-state index >= 15 is 0 Å². The van der Waals surface area contributed by atoms with Crippen LogP contribution in [0.15, 0.2) is 36.5 Å². The minimum absolute atomic E-state index is 0.000642. The monoisotopic (exact) mass is 595 g/mol. The summed E-state index contributed by atoms with van der Waals surface area (Å²) in [6.45, 7) is 3.94. The van der Waals surface area contributed by atoms with Gasteiger partial charge in [-0.2, -0.15) is 0 Å². The van der Waals surface area contributed by atoms with Crippen molar-refractivity contribution in [1.82, 2.24) is 20.1 Å². The summed E-state index contributed by atoms with van der Waals surface area (Å²) in [5, 5.41) is 10.5. The van der Waals surface area contributed by atoms with E-state index in [2.05, 4.69) is 20.7 Å². The summed E-state index contributed by atoms with van der Waals surface area (Å²) in [7, 11) is -1.59. The van der Waals surface area contributed by atoms with Crippen molar-refractivity contribution in [2.24, 2.45) is 0 Å². The molecule has 14 heteroatoms. The Hall–Kier alpha value is -3.19. The number of carbonyl (C=O) groups is 2. The summed E-state index contributed by atoms with van der Waals surface area (Å²) in [5.41, 5.74) is 0.973. The standard InChI is InChI=1S/C25H27Cl2N5O6S/c1-4-16(11-37-3)29-24(33)18-9-15(26)8-14(2)22(18)30-25(34)20-10-21(38-17-12-39(35,36)13-17)31-32(20)23-19(27)6-5-7-28-23/h5-10,16-17H,4,11-13H2,1-3H3,(H,29,33)(H,30,34). The first-order valence-electron chi connectivity index (χ1n) is 12.0. The average molecular weight is 596 g/mol. The molecule has 1 aliphatic heterocycles. The number of aryl methyl sites for hydroxylation is 1. The first-order valence-corrected chi connectivity index (χ1v) is 14.6. The Morgan fingerprint density at radius 3 is 2.59 bits per heavy atom. The van der Waals surface area contributed by atoms with Gasteiger partial charge in [0.1, 0.15) is 11.8 Å². The Balaban J connectivity index is 1.68. The molecule has 1 atom stereocenters. The largest absolute Gasteiger partial charge is 0.471 e. The zero-order valence-electron chi connectivity index (χ0n) is 21.4. The zero-order valence-corrected chi connectivity index (χ0v) is 23.7. The van der Waals surface area contributed by atoms with Crippen LogP contribution in [0.2, 0.25) is 10.0 Å². The van der Waals surface area contributed by atoms with Crippen LogP contribution < -0.4 is 15.4 Å². The van der Waals surface area contributed by atoms with Crippen LogP contribution in [0.3, 0.4) is 0 Å². The number of rotatable bonds is 10. The second-order valence-electron chi connectivity index (χ2n) is 9.04. The number of hydrogen-bond donors (Lipinski definition) is 2.